The highest BCUT2D eigenvalue weighted by Crippen LogP contribution is 2.27. The maximum atomic E-state index is 12.4. The average molecular weight is 375 g/mol. The number of amides is 1. The normalized spacial score (nSPS) is 20.1. The van der Waals surface area contributed by atoms with Crippen molar-refractivity contribution in [1.82, 2.24) is 20.1 Å². The van der Waals surface area contributed by atoms with Crippen LogP contribution in [0.15, 0.2) is 34.6 Å². The van der Waals surface area contributed by atoms with Crippen LogP contribution in [0.3, 0.4) is 0 Å². The van der Waals surface area contributed by atoms with Gasteiger partial charge in [0, 0.05) is 12.6 Å². The molecule has 1 aliphatic carbocycles. The molecular formula is C19H26N4O2S. The highest BCUT2D eigenvalue weighted by molar-refractivity contribution is 7.99. The van der Waals surface area contributed by atoms with E-state index in [0.29, 0.717) is 29.4 Å². The van der Waals surface area contributed by atoms with E-state index in [2.05, 4.69) is 29.0 Å². The molecule has 2 aromatic heterocycles. The van der Waals surface area contributed by atoms with E-state index < -0.39 is 0 Å². The molecule has 2 aromatic rings. The van der Waals surface area contributed by atoms with Crippen LogP contribution in [0.25, 0.3) is 11.4 Å². The van der Waals surface area contributed by atoms with Crippen molar-refractivity contribution in [2.24, 2.45) is 5.92 Å². The van der Waals surface area contributed by atoms with Gasteiger partial charge in [-0.15, -0.1) is 16.8 Å². The number of nitrogens with zero attached hydrogens (tertiary/aromatic N) is 3. The lowest BCUT2D eigenvalue weighted by atomic mass is 9.86. The molecule has 1 amide bonds. The van der Waals surface area contributed by atoms with Crippen molar-refractivity contribution in [2.45, 2.75) is 57.3 Å². The van der Waals surface area contributed by atoms with Crippen molar-refractivity contribution < 1.29 is 9.21 Å². The van der Waals surface area contributed by atoms with Gasteiger partial charge in [-0.25, -0.2) is 0 Å². The molecule has 26 heavy (non-hydrogen) atoms. The van der Waals surface area contributed by atoms with Crippen LogP contribution in [0.4, 0.5) is 0 Å². The summed E-state index contributed by atoms with van der Waals surface area (Å²) in [5.41, 5.74) is 0.909. The molecule has 1 saturated carbocycles. The van der Waals surface area contributed by atoms with E-state index in [9.17, 15) is 4.79 Å². The van der Waals surface area contributed by atoms with Crippen LogP contribution in [-0.4, -0.2) is 32.5 Å². The number of nitrogens with one attached hydrogen (secondary N) is 1. The van der Waals surface area contributed by atoms with Gasteiger partial charge >= 0.3 is 0 Å². The summed E-state index contributed by atoms with van der Waals surface area (Å²) in [4.78, 5) is 12.4. The van der Waals surface area contributed by atoms with Gasteiger partial charge in [0.15, 0.2) is 11.0 Å². The molecule has 0 aromatic carbocycles. The molecule has 140 valence electrons. The van der Waals surface area contributed by atoms with Gasteiger partial charge in [-0.05, 0) is 31.7 Å². The second kappa shape index (κ2) is 8.58. The Labute approximate surface area is 158 Å². The largest absolute Gasteiger partial charge is 0.469 e. The number of carbonyl (C=O) groups is 1. The Morgan fingerprint density at radius 2 is 2.27 bits per heavy atom. The van der Waals surface area contributed by atoms with E-state index in [0.717, 1.165) is 23.6 Å². The molecule has 0 unspecified atom stereocenters. The first-order chi connectivity index (χ1) is 12.6. The Bertz CT molecular complexity index is 767. The molecule has 2 heterocycles. The minimum absolute atomic E-state index is 0.0583. The smallest absolute Gasteiger partial charge is 0.230 e. The highest BCUT2D eigenvalue weighted by Gasteiger charge is 2.23. The fourth-order valence-corrected chi connectivity index (χ4v) is 4.17. The maximum Gasteiger partial charge on any atom is 0.230 e. The molecule has 0 saturated heterocycles. The van der Waals surface area contributed by atoms with Crippen LogP contribution in [0, 0.1) is 12.8 Å². The minimum atomic E-state index is 0.0583. The summed E-state index contributed by atoms with van der Waals surface area (Å²) in [7, 11) is 0. The summed E-state index contributed by atoms with van der Waals surface area (Å²) in [6, 6.07) is 2.18. The van der Waals surface area contributed by atoms with E-state index in [1.54, 1.807) is 12.3 Å². The molecule has 1 aliphatic rings. The van der Waals surface area contributed by atoms with Gasteiger partial charge in [0.1, 0.15) is 5.76 Å². The van der Waals surface area contributed by atoms with Crippen molar-refractivity contribution in [2.75, 3.05) is 5.75 Å². The SMILES string of the molecule is C=CCn1c(SCC(=O)N[C@@H]2CCCC[C@@H]2C)nnc1-c1ccoc1C. The summed E-state index contributed by atoms with van der Waals surface area (Å²) < 4.78 is 7.34. The third-order valence-corrected chi connectivity index (χ3v) is 5.89. The van der Waals surface area contributed by atoms with Gasteiger partial charge in [-0.1, -0.05) is 37.6 Å². The third kappa shape index (κ3) is 4.20. The minimum Gasteiger partial charge on any atom is -0.469 e. The first kappa shape index (κ1) is 18.8. The lowest BCUT2D eigenvalue weighted by molar-refractivity contribution is -0.119. The zero-order valence-corrected chi connectivity index (χ0v) is 16.2. The summed E-state index contributed by atoms with van der Waals surface area (Å²) >= 11 is 1.41. The van der Waals surface area contributed by atoms with Crippen molar-refractivity contribution in [3.63, 3.8) is 0 Å². The number of thioether (sulfide) groups is 1. The van der Waals surface area contributed by atoms with Gasteiger partial charge in [0.25, 0.3) is 0 Å². The number of hydrogen-bond donors (Lipinski definition) is 1. The number of carbonyl (C=O) groups excluding carboxylic acids is 1. The molecule has 6 nitrogen and oxygen atoms in total. The fraction of sp³-hybridized carbons (Fsp3) is 0.526. The Kier molecular flexibility index (Phi) is 6.19. The number of allylic oxidation sites excluding steroid dienone is 1. The third-order valence-electron chi connectivity index (χ3n) is 4.92. The van der Waals surface area contributed by atoms with Gasteiger partial charge in [-0.2, -0.15) is 0 Å². The zero-order valence-electron chi connectivity index (χ0n) is 15.4. The number of furan rings is 1. The summed E-state index contributed by atoms with van der Waals surface area (Å²) in [5.74, 6) is 2.48. The lowest BCUT2D eigenvalue weighted by Gasteiger charge is -2.29. The number of rotatable bonds is 7. The molecule has 1 N–H and O–H groups in total. The van der Waals surface area contributed by atoms with E-state index in [1.165, 1.54) is 31.0 Å². The van der Waals surface area contributed by atoms with Gasteiger partial charge < -0.3 is 9.73 Å². The molecule has 3 rings (SSSR count). The molecule has 0 spiro atoms. The Balaban J connectivity index is 1.66. The number of hydrogen-bond acceptors (Lipinski definition) is 5. The van der Waals surface area contributed by atoms with E-state index >= 15 is 0 Å². The van der Waals surface area contributed by atoms with Crippen LogP contribution in [0.1, 0.15) is 38.4 Å². The predicted octanol–water partition coefficient (Wildman–Crippen LogP) is 3.82. The number of aryl methyl sites for hydroxylation is 1. The first-order valence-electron chi connectivity index (χ1n) is 9.11. The molecule has 0 radical (unpaired) electrons. The standard InChI is InChI=1S/C19H26N4O2S/c1-4-10-23-18(15-9-11-25-14(15)3)21-22-19(23)26-12-17(24)20-16-8-6-5-7-13(16)2/h4,9,11,13,16H,1,5-8,10,12H2,2-3H3,(H,20,24)/t13-,16+/m0/s1. The van der Waals surface area contributed by atoms with Crippen LogP contribution < -0.4 is 5.32 Å². The fourth-order valence-electron chi connectivity index (χ4n) is 3.41. The second-order valence-corrected chi connectivity index (χ2v) is 7.76. The Hall–Kier alpha value is -2.02. The van der Waals surface area contributed by atoms with E-state index in [1.807, 2.05) is 17.6 Å². The molecule has 0 aliphatic heterocycles. The lowest BCUT2D eigenvalue weighted by Crippen LogP contribution is -2.41. The van der Waals surface area contributed by atoms with Crippen molar-refractivity contribution in [3.8, 4) is 11.4 Å². The average Bonchev–Trinajstić information content (AvgIpc) is 3.21. The van der Waals surface area contributed by atoms with E-state index in [4.69, 9.17) is 4.42 Å². The van der Waals surface area contributed by atoms with Gasteiger partial charge in [-0.3, -0.25) is 9.36 Å². The van der Waals surface area contributed by atoms with Gasteiger partial charge in [0.05, 0.1) is 17.6 Å². The van der Waals surface area contributed by atoms with Crippen LogP contribution in [0.5, 0.6) is 0 Å². The maximum absolute atomic E-state index is 12.4. The van der Waals surface area contributed by atoms with Gasteiger partial charge in [0.2, 0.25) is 5.91 Å². The first-order valence-corrected chi connectivity index (χ1v) is 10.1. The van der Waals surface area contributed by atoms with Crippen molar-refractivity contribution in [3.05, 3.63) is 30.7 Å². The molecule has 0 bridgehead atoms. The summed E-state index contributed by atoms with van der Waals surface area (Å²) in [6.45, 7) is 8.51. The Morgan fingerprint density at radius 1 is 1.46 bits per heavy atom. The molecule has 2 atom stereocenters. The van der Waals surface area contributed by atoms with Crippen molar-refractivity contribution >= 4 is 17.7 Å². The summed E-state index contributed by atoms with van der Waals surface area (Å²) in [5, 5.41) is 12.5. The quantitative estimate of drug-likeness (QED) is 0.589. The molecule has 1 fully saturated rings. The van der Waals surface area contributed by atoms with E-state index in [-0.39, 0.29) is 5.91 Å². The Morgan fingerprint density at radius 3 is 2.96 bits per heavy atom. The second-order valence-electron chi connectivity index (χ2n) is 6.82. The summed E-state index contributed by atoms with van der Waals surface area (Å²) in [6.07, 6.45) is 8.18. The number of aromatic nitrogens is 3. The monoisotopic (exact) mass is 374 g/mol. The molecule has 7 heteroatoms. The van der Waals surface area contributed by atoms with Crippen LogP contribution in [0.2, 0.25) is 0 Å². The van der Waals surface area contributed by atoms with Crippen LogP contribution in [-0.2, 0) is 11.3 Å². The molecular weight excluding hydrogens is 348 g/mol. The topological polar surface area (TPSA) is 73.0 Å². The van der Waals surface area contributed by atoms with Crippen molar-refractivity contribution in [1.29, 1.82) is 0 Å². The predicted molar refractivity (Wildman–Crippen MR) is 103 cm³/mol. The zero-order chi connectivity index (χ0) is 18.5. The highest BCUT2D eigenvalue weighted by atomic mass is 32.2. The van der Waals surface area contributed by atoms with Crippen LogP contribution >= 0.6 is 11.8 Å².